The quantitative estimate of drug-likeness (QED) is 0.469. The first-order chi connectivity index (χ1) is 4.20. The zero-order chi connectivity index (χ0) is 6.85. The molecule has 1 nitrogen and oxygen atoms in total. The van der Waals surface area contributed by atoms with Crippen molar-refractivity contribution in [2.24, 2.45) is 10.9 Å². The van der Waals surface area contributed by atoms with Gasteiger partial charge in [0, 0.05) is 11.4 Å². The molecule has 9 heavy (non-hydrogen) atoms. The molecule has 0 saturated carbocycles. The van der Waals surface area contributed by atoms with Crippen molar-refractivity contribution in [2.75, 3.05) is 0 Å². The third kappa shape index (κ3) is 1.41. The lowest BCUT2D eigenvalue weighted by molar-refractivity contribution is 0.762. The smallest absolute Gasteiger partial charge is 0.0332 e. The van der Waals surface area contributed by atoms with Crippen molar-refractivity contribution in [3.05, 3.63) is 11.8 Å². The van der Waals surface area contributed by atoms with Crippen LogP contribution >= 0.6 is 0 Å². The Kier molecular flexibility index (Phi) is 1.70. The van der Waals surface area contributed by atoms with Gasteiger partial charge in [-0.25, -0.2) is 0 Å². The molecule has 1 aliphatic rings. The highest BCUT2D eigenvalue weighted by molar-refractivity contribution is 5.85. The number of rotatable bonds is 0. The van der Waals surface area contributed by atoms with Gasteiger partial charge in [-0.1, -0.05) is 13.0 Å². The average molecular weight is 123 g/mol. The Balaban J connectivity index is 2.74. The molecule has 0 N–H and O–H groups in total. The van der Waals surface area contributed by atoms with Crippen LogP contribution in [-0.2, 0) is 0 Å². The number of hydrogen-bond acceptors (Lipinski definition) is 1. The van der Waals surface area contributed by atoms with Gasteiger partial charge in [-0.3, -0.25) is 4.99 Å². The molecule has 0 aromatic heterocycles. The monoisotopic (exact) mass is 123 g/mol. The van der Waals surface area contributed by atoms with Crippen LogP contribution in [0, 0.1) is 5.92 Å². The van der Waals surface area contributed by atoms with Crippen LogP contribution in [0.4, 0.5) is 0 Å². The summed E-state index contributed by atoms with van der Waals surface area (Å²) in [6.45, 7) is 6.36. The minimum atomic E-state index is 0.661. The standard InChI is InChI=1S/C8H13N/c1-6-4-5-7(2)9-8(6)3/h5-6H,4H2,1-3H3/t6-/m0/s1. The maximum atomic E-state index is 4.34. The zero-order valence-corrected chi connectivity index (χ0v) is 6.31. The molecule has 0 fully saturated rings. The van der Waals surface area contributed by atoms with Crippen LogP contribution in [0.1, 0.15) is 27.2 Å². The van der Waals surface area contributed by atoms with Gasteiger partial charge in [0.05, 0.1) is 0 Å². The second-order valence-electron chi connectivity index (χ2n) is 2.74. The maximum Gasteiger partial charge on any atom is 0.0332 e. The second-order valence-corrected chi connectivity index (χ2v) is 2.74. The van der Waals surface area contributed by atoms with Crippen molar-refractivity contribution in [3.8, 4) is 0 Å². The Bertz CT molecular complexity index is 165. The van der Waals surface area contributed by atoms with E-state index < -0.39 is 0 Å². The summed E-state index contributed by atoms with van der Waals surface area (Å²) in [6.07, 6.45) is 3.36. The molecule has 1 atom stereocenters. The van der Waals surface area contributed by atoms with Gasteiger partial charge in [0.15, 0.2) is 0 Å². The lowest BCUT2D eigenvalue weighted by Crippen LogP contribution is -2.09. The van der Waals surface area contributed by atoms with Crippen molar-refractivity contribution in [3.63, 3.8) is 0 Å². The fourth-order valence-electron chi connectivity index (χ4n) is 0.952. The molecule has 1 aliphatic heterocycles. The molecule has 1 heterocycles. The first kappa shape index (κ1) is 6.53. The molecule has 0 unspecified atom stereocenters. The van der Waals surface area contributed by atoms with E-state index in [1.807, 2.05) is 0 Å². The lowest BCUT2D eigenvalue weighted by Gasteiger charge is -2.13. The third-order valence-corrected chi connectivity index (χ3v) is 1.83. The van der Waals surface area contributed by atoms with Gasteiger partial charge in [0.2, 0.25) is 0 Å². The van der Waals surface area contributed by atoms with E-state index in [9.17, 15) is 0 Å². The number of aliphatic imine (C=N–C) groups is 1. The number of nitrogens with zero attached hydrogens (tertiary/aromatic N) is 1. The average Bonchev–Trinajstić information content (AvgIpc) is 1.80. The number of allylic oxidation sites excluding steroid dienone is 2. The fourth-order valence-corrected chi connectivity index (χ4v) is 0.952. The largest absolute Gasteiger partial charge is 0.263 e. The molecular formula is C8H13N. The summed E-state index contributed by atoms with van der Waals surface area (Å²) >= 11 is 0. The van der Waals surface area contributed by atoms with E-state index >= 15 is 0 Å². The summed E-state index contributed by atoms with van der Waals surface area (Å²) in [4.78, 5) is 4.34. The van der Waals surface area contributed by atoms with E-state index in [0.29, 0.717) is 5.92 Å². The minimum Gasteiger partial charge on any atom is -0.263 e. The SMILES string of the molecule is CC1=CC[C@H](C)C(C)=N1. The van der Waals surface area contributed by atoms with Crippen LogP contribution in [0.25, 0.3) is 0 Å². The number of hydrogen-bond donors (Lipinski definition) is 0. The Labute approximate surface area is 56.5 Å². The molecule has 0 aromatic rings. The highest BCUT2D eigenvalue weighted by atomic mass is 14.8. The van der Waals surface area contributed by atoms with Crippen LogP contribution in [0.15, 0.2) is 16.8 Å². The van der Waals surface area contributed by atoms with E-state index in [4.69, 9.17) is 0 Å². The molecular weight excluding hydrogens is 110 g/mol. The summed E-state index contributed by atoms with van der Waals surface area (Å²) in [7, 11) is 0. The summed E-state index contributed by atoms with van der Waals surface area (Å²) in [6, 6.07) is 0. The third-order valence-electron chi connectivity index (χ3n) is 1.83. The highest BCUT2D eigenvalue weighted by Crippen LogP contribution is 2.15. The van der Waals surface area contributed by atoms with Gasteiger partial charge < -0.3 is 0 Å². The van der Waals surface area contributed by atoms with E-state index in [1.165, 1.54) is 17.8 Å². The lowest BCUT2D eigenvalue weighted by atomic mass is 10.00. The Morgan fingerprint density at radius 3 is 2.67 bits per heavy atom. The summed E-state index contributed by atoms with van der Waals surface area (Å²) in [5.74, 6) is 0.661. The van der Waals surface area contributed by atoms with Crippen LogP contribution in [0.2, 0.25) is 0 Å². The molecule has 0 amide bonds. The van der Waals surface area contributed by atoms with Gasteiger partial charge in [0.25, 0.3) is 0 Å². The van der Waals surface area contributed by atoms with Crippen LogP contribution in [-0.4, -0.2) is 5.71 Å². The maximum absolute atomic E-state index is 4.34. The van der Waals surface area contributed by atoms with Gasteiger partial charge >= 0.3 is 0 Å². The molecule has 0 spiro atoms. The summed E-state index contributed by atoms with van der Waals surface area (Å²) in [5, 5.41) is 0. The van der Waals surface area contributed by atoms with Crippen LogP contribution < -0.4 is 0 Å². The highest BCUT2D eigenvalue weighted by Gasteiger charge is 2.07. The van der Waals surface area contributed by atoms with Crippen LogP contribution in [0.3, 0.4) is 0 Å². The van der Waals surface area contributed by atoms with Gasteiger partial charge in [0.1, 0.15) is 0 Å². The van der Waals surface area contributed by atoms with Crippen molar-refractivity contribution >= 4 is 5.71 Å². The van der Waals surface area contributed by atoms with E-state index in [-0.39, 0.29) is 0 Å². The topological polar surface area (TPSA) is 12.4 Å². The zero-order valence-electron chi connectivity index (χ0n) is 6.31. The van der Waals surface area contributed by atoms with E-state index in [0.717, 1.165) is 0 Å². The molecule has 0 radical (unpaired) electrons. The Morgan fingerprint density at radius 1 is 1.56 bits per heavy atom. The molecule has 0 aliphatic carbocycles. The first-order valence-corrected chi connectivity index (χ1v) is 3.42. The normalized spacial score (nSPS) is 27.2. The molecule has 0 saturated heterocycles. The Hall–Kier alpha value is -0.590. The van der Waals surface area contributed by atoms with Gasteiger partial charge in [-0.2, -0.15) is 0 Å². The summed E-state index contributed by atoms with van der Waals surface area (Å²) in [5.41, 5.74) is 2.45. The first-order valence-electron chi connectivity index (χ1n) is 3.42. The second kappa shape index (κ2) is 2.34. The predicted octanol–water partition coefficient (Wildman–Crippen LogP) is 2.39. The van der Waals surface area contributed by atoms with Crippen molar-refractivity contribution in [1.29, 1.82) is 0 Å². The van der Waals surface area contributed by atoms with Crippen molar-refractivity contribution < 1.29 is 0 Å². The van der Waals surface area contributed by atoms with Crippen molar-refractivity contribution in [1.82, 2.24) is 0 Å². The Morgan fingerprint density at radius 2 is 2.22 bits per heavy atom. The molecule has 1 heteroatoms. The molecule has 0 aromatic carbocycles. The van der Waals surface area contributed by atoms with E-state index in [2.05, 4.69) is 31.8 Å². The molecule has 0 bridgehead atoms. The molecule has 50 valence electrons. The predicted molar refractivity (Wildman–Crippen MR) is 40.6 cm³/mol. The van der Waals surface area contributed by atoms with Crippen LogP contribution in [0.5, 0.6) is 0 Å². The summed E-state index contributed by atoms with van der Waals surface area (Å²) < 4.78 is 0. The van der Waals surface area contributed by atoms with Crippen molar-refractivity contribution in [2.45, 2.75) is 27.2 Å². The van der Waals surface area contributed by atoms with Gasteiger partial charge in [-0.05, 0) is 26.2 Å². The van der Waals surface area contributed by atoms with Gasteiger partial charge in [-0.15, -0.1) is 0 Å². The molecule has 1 rings (SSSR count). The fraction of sp³-hybridized carbons (Fsp3) is 0.625. The van der Waals surface area contributed by atoms with E-state index in [1.54, 1.807) is 0 Å². The minimum absolute atomic E-state index is 0.661.